The summed E-state index contributed by atoms with van der Waals surface area (Å²) in [5.74, 6) is 1.49. The fourth-order valence-corrected chi connectivity index (χ4v) is 2.36. The van der Waals surface area contributed by atoms with E-state index in [1.807, 2.05) is 42.5 Å². The Kier molecular flexibility index (Phi) is 3.70. The molecule has 1 amide bonds. The predicted molar refractivity (Wildman–Crippen MR) is 88.2 cm³/mol. The first-order chi connectivity index (χ1) is 10.6. The maximum Gasteiger partial charge on any atom is 0.228 e. The highest BCUT2D eigenvalue weighted by Gasteiger charge is 2.17. The minimum atomic E-state index is 0.0299. The van der Waals surface area contributed by atoms with Crippen LogP contribution < -0.4 is 20.7 Å². The normalized spacial score (nSPS) is 12.3. The van der Waals surface area contributed by atoms with Crippen LogP contribution >= 0.6 is 0 Å². The van der Waals surface area contributed by atoms with Crippen LogP contribution in [0.3, 0.4) is 0 Å². The fourth-order valence-electron chi connectivity index (χ4n) is 2.36. The molecular weight excluding hydrogens is 278 g/mol. The highest BCUT2D eigenvalue weighted by Crippen LogP contribution is 2.26. The van der Waals surface area contributed by atoms with Crippen LogP contribution in [0.4, 0.5) is 17.1 Å². The predicted octanol–water partition coefficient (Wildman–Crippen LogP) is 3.19. The molecule has 0 saturated carbocycles. The lowest BCUT2D eigenvalue weighted by molar-refractivity contribution is -0.115. The smallest absolute Gasteiger partial charge is 0.228 e. The van der Waals surface area contributed by atoms with Crippen molar-refractivity contribution in [3.05, 3.63) is 60.4 Å². The Hall–Kier alpha value is -2.95. The molecule has 0 bridgehead atoms. The molecule has 22 heavy (non-hydrogen) atoms. The standard InChI is InChI=1S/C17H17N3O2/c1-11(18-13-3-6-15(22-2)7-4-13)19-14-5-8-16-12(9-14)10-17(21)20-16/h3-9,18-19H,1,10H2,2H3,(H,20,21). The van der Waals surface area contributed by atoms with Crippen LogP contribution in [0.5, 0.6) is 5.75 Å². The van der Waals surface area contributed by atoms with Crippen molar-refractivity contribution in [3.8, 4) is 5.75 Å². The number of hydrogen-bond donors (Lipinski definition) is 3. The van der Waals surface area contributed by atoms with Gasteiger partial charge in [-0.1, -0.05) is 6.58 Å². The largest absolute Gasteiger partial charge is 0.497 e. The molecule has 1 aliphatic rings. The Balaban J connectivity index is 1.64. The number of rotatable bonds is 5. The average Bonchev–Trinajstić information content (AvgIpc) is 2.87. The summed E-state index contributed by atoms with van der Waals surface area (Å²) >= 11 is 0. The number of carbonyl (C=O) groups excluding carboxylic acids is 1. The zero-order valence-corrected chi connectivity index (χ0v) is 12.3. The van der Waals surface area contributed by atoms with Crippen molar-refractivity contribution < 1.29 is 9.53 Å². The number of nitrogens with one attached hydrogen (secondary N) is 3. The lowest BCUT2D eigenvalue weighted by atomic mass is 10.1. The van der Waals surface area contributed by atoms with Gasteiger partial charge in [-0.15, -0.1) is 0 Å². The van der Waals surface area contributed by atoms with Crippen molar-refractivity contribution >= 4 is 23.0 Å². The monoisotopic (exact) mass is 295 g/mol. The summed E-state index contributed by atoms with van der Waals surface area (Å²) in [7, 11) is 1.64. The van der Waals surface area contributed by atoms with E-state index < -0.39 is 0 Å². The summed E-state index contributed by atoms with van der Waals surface area (Å²) in [5, 5.41) is 9.17. The van der Waals surface area contributed by atoms with Crippen LogP contribution in [0.1, 0.15) is 5.56 Å². The Morgan fingerprint density at radius 2 is 1.82 bits per heavy atom. The molecule has 0 aromatic heterocycles. The van der Waals surface area contributed by atoms with Gasteiger partial charge < -0.3 is 20.7 Å². The second kappa shape index (κ2) is 5.81. The van der Waals surface area contributed by atoms with Crippen molar-refractivity contribution in [1.29, 1.82) is 0 Å². The van der Waals surface area contributed by atoms with Crippen molar-refractivity contribution in [2.45, 2.75) is 6.42 Å². The van der Waals surface area contributed by atoms with E-state index in [0.29, 0.717) is 12.2 Å². The molecule has 0 saturated heterocycles. The Bertz CT molecular complexity index is 723. The number of carbonyl (C=O) groups is 1. The van der Waals surface area contributed by atoms with Gasteiger partial charge in [-0.3, -0.25) is 4.79 Å². The lowest BCUT2D eigenvalue weighted by Crippen LogP contribution is -2.08. The molecule has 5 nitrogen and oxygen atoms in total. The lowest BCUT2D eigenvalue weighted by Gasteiger charge is -2.13. The summed E-state index contributed by atoms with van der Waals surface area (Å²) in [6.45, 7) is 3.96. The highest BCUT2D eigenvalue weighted by molar-refractivity contribution is 5.99. The quantitative estimate of drug-likeness (QED) is 0.793. The zero-order chi connectivity index (χ0) is 15.5. The second-order valence-corrected chi connectivity index (χ2v) is 5.05. The van der Waals surface area contributed by atoms with Crippen LogP contribution in [-0.2, 0) is 11.2 Å². The molecule has 0 spiro atoms. The van der Waals surface area contributed by atoms with Gasteiger partial charge in [-0.25, -0.2) is 0 Å². The molecule has 3 rings (SSSR count). The first kappa shape index (κ1) is 14.0. The van der Waals surface area contributed by atoms with E-state index in [-0.39, 0.29) is 5.91 Å². The number of anilines is 3. The molecule has 5 heteroatoms. The maximum atomic E-state index is 11.4. The Labute approximate surface area is 129 Å². The molecule has 3 N–H and O–H groups in total. The third kappa shape index (κ3) is 3.03. The molecule has 0 atom stereocenters. The summed E-state index contributed by atoms with van der Waals surface area (Å²) in [6, 6.07) is 13.3. The number of ether oxygens (including phenoxy) is 1. The van der Waals surface area contributed by atoms with Crippen molar-refractivity contribution in [1.82, 2.24) is 0 Å². The van der Waals surface area contributed by atoms with E-state index in [4.69, 9.17) is 4.74 Å². The summed E-state index contributed by atoms with van der Waals surface area (Å²) in [6.07, 6.45) is 0.420. The summed E-state index contributed by atoms with van der Waals surface area (Å²) in [4.78, 5) is 11.4. The van der Waals surface area contributed by atoms with Gasteiger partial charge in [-0.05, 0) is 48.0 Å². The minimum absolute atomic E-state index is 0.0299. The van der Waals surface area contributed by atoms with Crippen molar-refractivity contribution in [3.63, 3.8) is 0 Å². The Morgan fingerprint density at radius 3 is 2.55 bits per heavy atom. The number of hydrogen-bond acceptors (Lipinski definition) is 4. The molecule has 0 unspecified atom stereocenters. The molecule has 2 aromatic rings. The zero-order valence-electron chi connectivity index (χ0n) is 12.3. The molecule has 2 aromatic carbocycles. The Morgan fingerprint density at radius 1 is 1.14 bits per heavy atom. The number of amides is 1. The van der Waals surface area contributed by atoms with Gasteiger partial charge in [0.2, 0.25) is 5.91 Å². The maximum absolute atomic E-state index is 11.4. The second-order valence-electron chi connectivity index (χ2n) is 5.05. The van der Waals surface area contributed by atoms with Gasteiger partial charge in [0.05, 0.1) is 13.5 Å². The van der Waals surface area contributed by atoms with E-state index in [9.17, 15) is 4.79 Å². The number of benzene rings is 2. The molecule has 112 valence electrons. The SMILES string of the molecule is C=C(Nc1ccc(OC)cc1)Nc1ccc2c(c1)CC(=O)N2. The van der Waals surface area contributed by atoms with Crippen LogP contribution in [0.15, 0.2) is 54.9 Å². The van der Waals surface area contributed by atoms with E-state index in [1.54, 1.807) is 7.11 Å². The third-order valence-electron chi connectivity index (χ3n) is 3.41. The molecular formula is C17H17N3O2. The van der Waals surface area contributed by atoms with Gasteiger partial charge in [0.15, 0.2) is 0 Å². The number of fused-ring (bicyclic) bond motifs is 1. The van der Waals surface area contributed by atoms with E-state index in [0.717, 1.165) is 28.4 Å². The van der Waals surface area contributed by atoms with Crippen molar-refractivity contribution in [2.24, 2.45) is 0 Å². The van der Waals surface area contributed by atoms with Crippen LogP contribution in [0.2, 0.25) is 0 Å². The molecule has 0 aliphatic carbocycles. The fraction of sp³-hybridized carbons (Fsp3) is 0.118. The average molecular weight is 295 g/mol. The van der Waals surface area contributed by atoms with Gasteiger partial charge in [0.25, 0.3) is 0 Å². The first-order valence-corrected chi connectivity index (χ1v) is 6.94. The highest BCUT2D eigenvalue weighted by atomic mass is 16.5. The van der Waals surface area contributed by atoms with E-state index in [1.165, 1.54) is 0 Å². The minimum Gasteiger partial charge on any atom is -0.497 e. The van der Waals surface area contributed by atoms with Crippen LogP contribution in [0.25, 0.3) is 0 Å². The number of methoxy groups -OCH3 is 1. The third-order valence-corrected chi connectivity index (χ3v) is 3.41. The van der Waals surface area contributed by atoms with Crippen LogP contribution in [-0.4, -0.2) is 13.0 Å². The van der Waals surface area contributed by atoms with Crippen molar-refractivity contribution in [2.75, 3.05) is 23.1 Å². The summed E-state index contributed by atoms with van der Waals surface area (Å²) < 4.78 is 5.12. The van der Waals surface area contributed by atoms with Gasteiger partial charge in [0.1, 0.15) is 11.6 Å². The van der Waals surface area contributed by atoms with E-state index >= 15 is 0 Å². The molecule has 1 aliphatic heterocycles. The summed E-state index contributed by atoms with van der Waals surface area (Å²) in [5.41, 5.74) is 3.68. The van der Waals surface area contributed by atoms with Gasteiger partial charge >= 0.3 is 0 Å². The van der Waals surface area contributed by atoms with E-state index in [2.05, 4.69) is 22.5 Å². The van der Waals surface area contributed by atoms with Gasteiger partial charge in [0, 0.05) is 17.1 Å². The van der Waals surface area contributed by atoms with Gasteiger partial charge in [-0.2, -0.15) is 0 Å². The molecule has 0 fully saturated rings. The molecule has 0 radical (unpaired) electrons. The first-order valence-electron chi connectivity index (χ1n) is 6.94. The van der Waals surface area contributed by atoms with Crippen LogP contribution in [0, 0.1) is 0 Å². The topological polar surface area (TPSA) is 62.4 Å². The molecule has 1 heterocycles.